The quantitative estimate of drug-likeness (QED) is 0.485. The number of nitro benzene ring substituents is 1. The standard InChI is InChI=1S/C10H7BrF3NO3/c11-5-8(16)4-6-3-7(15(17)18)1-2-9(6)10(12,13)14/h1-3H,4-5H2. The van der Waals surface area contributed by atoms with E-state index in [9.17, 15) is 28.1 Å². The zero-order chi connectivity index (χ0) is 13.9. The summed E-state index contributed by atoms with van der Waals surface area (Å²) in [7, 11) is 0. The van der Waals surface area contributed by atoms with Crippen LogP contribution in [-0.4, -0.2) is 16.0 Å². The fraction of sp³-hybridized carbons (Fsp3) is 0.300. The first-order valence-electron chi connectivity index (χ1n) is 4.68. The Balaban J connectivity index is 3.26. The van der Waals surface area contributed by atoms with Gasteiger partial charge in [0, 0.05) is 18.6 Å². The first-order chi connectivity index (χ1) is 8.25. The molecule has 0 aliphatic carbocycles. The average Bonchev–Trinajstić information content (AvgIpc) is 2.27. The number of ketones is 1. The van der Waals surface area contributed by atoms with Gasteiger partial charge in [0.15, 0.2) is 0 Å². The topological polar surface area (TPSA) is 60.2 Å². The molecule has 8 heteroatoms. The molecule has 4 nitrogen and oxygen atoms in total. The van der Waals surface area contributed by atoms with Crippen LogP contribution in [0.5, 0.6) is 0 Å². The monoisotopic (exact) mass is 325 g/mol. The van der Waals surface area contributed by atoms with Gasteiger partial charge in [-0.1, -0.05) is 15.9 Å². The number of benzene rings is 1. The van der Waals surface area contributed by atoms with Crippen LogP contribution in [0, 0.1) is 10.1 Å². The molecule has 0 aliphatic rings. The van der Waals surface area contributed by atoms with Crippen molar-refractivity contribution in [2.75, 3.05) is 5.33 Å². The minimum atomic E-state index is -4.64. The van der Waals surface area contributed by atoms with Crippen molar-refractivity contribution in [3.63, 3.8) is 0 Å². The number of rotatable bonds is 4. The Morgan fingerprint density at radius 1 is 1.39 bits per heavy atom. The maximum atomic E-state index is 12.6. The van der Waals surface area contributed by atoms with Gasteiger partial charge in [-0.3, -0.25) is 14.9 Å². The van der Waals surface area contributed by atoms with Crippen molar-refractivity contribution >= 4 is 27.4 Å². The number of alkyl halides is 4. The maximum absolute atomic E-state index is 12.6. The summed E-state index contributed by atoms with van der Waals surface area (Å²) in [4.78, 5) is 20.9. The summed E-state index contributed by atoms with van der Waals surface area (Å²) >= 11 is 2.83. The van der Waals surface area contributed by atoms with Crippen LogP contribution in [0.3, 0.4) is 0 Å². The van der Waals surface area contributed by atoms with Crippen molar-refractivity contribution in [1.82, 2.24) is 0 Å². The highest BCUT2D eigenvalue weighted by molar-refractivity contribution is 9.09. The second kappa shape index (κ2) is 5.47. The number of non-ortho nitro benzene ring substituents is 1. The van der Waals surface area contributed by atoms with Crippen LogP contribution in [0.1, 0.15) is 11.1 Å². The molecule has 0 saturated carbocycles. The molecule has 1 aromatic rings. The number of hydrogen-bond acceptors (Lipinski definition) is 3. The van der Waals surface area contributed by atoms with Crippen LogP contribution in [0.15, 0.2) is 18.2 Å². The van der Waals surface area contributed by atoms with Crippen molar-refractivity contribution < 1.29 is 22.9 Å². The van der Waals surface area contributed by atoms with Gasteiger partial charge >= 0.3 is 6.18 Å². The Hall–Kier alpha value is -1.44. The summed E-state index contributed by atoms with van der Waals surface area (Å²) in [5, 5.41) is 10.4. The Bertz CT molecular complexity index is 488. The van der Waals surface area contributed by atoms with Gasteiger partial charge in [0.05, 0.1) is 15.8 Å². The lowest BCUT2D eigenvalue weighted by Gasteiger charge is -2.11. The number of nitro groups is 1. The predicted molar refractivity (Wildman–Crippen MR) is 60.6 cm³/mol. The van der Waals surface area contributed by atoms with Crippen molar-refractivity contribution in [3.05, 3.63) is 39.4 Å². The van der Waals surface area contributed by atoms with Crippen LogP contribution in [0.4, 0.5) is 18.9 Å². The molecule has 0 N–H and O–H groups in total. The minimum absolute atomic E-state index is 0.104. The number of carbonyl (C=O) groups excluding carboxylic acids is 1. The highest BCUT2D eigenvalue weighted by Gasteiger charge is 2.34. The van der Waals surface area contributed by atoms with Crippen molar-refractivity contribution in [3.8, 4) is 0 Å². The third kappa shape index (κ3) is 3.52. The molecule has 0 amide bonds. The van der Waals surface area contributed by atoms with Gasteiger partial charge in [-0.05, 0) is 11.6 Å². The molecule has 0 aliphatic heterocycles. The van der Waals surface area contributed by atoms with Gasteiger partial charge < -0.3 is 0 Å². The van der Waals surface area contributed by atoms with Gasteiger partial charge in [-0.15, -0.1) is 0 Å². The second-order valence-corrected chi connectivity index (χ2v) is 4.01. The normalized spacial score (nSPS) is 11.3. The van der Waals surface area contributed by atoms with E-state index in [1.807, 2.05) is 0 Å². The Morgan fingerprint density at radius 2 is 2.00 bits per heavy atom. The van der Waals surface area contributed by atoms with Crippen LogP contribution >= 0.6 is 15.9 Å². The Labute approximate surface area is 108 Å². The molecule has 0 atom stereocenters. The molecular weight excluding hydrogens is 319 g/mol. The van der Waals surface area contributed by atoms with Crippen molar-refractivity contribution in [2.45, 2.75) is 12.6 Å². The lowest BCUT2D eigenvalue weighted by molar-refractivity contribution is -0.385. The zero-order valence-corrected chi connectivity index (χ0v) is 10.4. The summed E-state index contributed by atoms with van der Waals surface area (Å²) in [5.74, 6) is -0.485. The van der Waals surface area contributed by atoms with E-state index in [0.29, 0.717) is 6.07 Å². The van der Waals surface area contributed by atoms with Crippen molar-refractivity contribution in [1.29, 1.82) is 0 Å². The average molecular weight is 326 g/mol. The zero-order valence-electron chi connectivity index (χ0n) is 8.83. The number of Topliss-reactive ketones (excluding diaryl/α,β-unsaturated/α-hetero) is 1. The SMILES string of the molecule is O=C(CBr)Cc1cc([N+](=O)[O-])ccc1C(F)(F)F. The number of halogens is 4. The van der Waals surface area contributed by atoms with E-state index >= 15 is 0 Å². The molecule has 18 heavy (non-hydrogen) atoms. The number of nitrogens with zero attached hydrogens (tertiary/aromatic N) is 1. The molecule has 0 bridgehead atoms. The second-order valence-electron chi connectivity index (χ2n) is 3.45. The van der Waals surface area contributed by atoms with Crippen LogP contribution in [0.25, 0.3) is 0 Å². The predicted octanol–water partition coefficient (Wildman–Crippen LogP) is 3.12. The largest absolute Gasteiger partial charge is 0.416 e. The van der Waals surface area contributed by atoms with Crippen molar-refractivity contribution in [2.24, 2.45) is 0 Å². The Kier molecular flexibility index (Phi) is 4.44. The molecular formula is C10H7BrF3NO3. The molecule has 0 fully saturated rings. The smallest absolute Gasteiger partial charge is 0.298 e. The van der Waals surface area contributed by atoms with E-state index < -0.39 is 34.6 Å². The fourth-order valence-corrected chi connectivity index (χ4v) is 1.57. The minimum Gasteiger partial charge on any atom is -0.298 e. The fourth-order valence-electron chi connectivity index (χ4n) is 1.38. The van der Waals surface area contributed by atoms with Gasteiger partial charge in [-0.2, -0.15) is 13.2 Å². The maximum Gasteiger partial charge on any atom is 0.416 e. The lowest BCUT2D eigenvalue weighted by atomic mass is 10.0. The molecule has 98 valence electrons. The molecule has 0 radical (unpaired) electrons. The lowest BCUT2D eigenvalue weighted by Crippen LogP contribution is -2.13. The summed E-state index contributed by atoms with van der Waals surface area (Å²) in [6.45, 7) is 0. The molecule has 0 unspecified atom stereocenters. The molecule has 0 spiro atoms. The van der Waals surface area contributed by atoms with E-state index in [-0.39, 0.29) is 10.9 Å². The van der Waals surface area contributed by atoms with Crippen LogP contribution < -0.4 is 0 Å². The van der Waals surface area contributed by atoms with E-state index in [2.05, 4.69) is 15.9 Å². The van der Waals surface area contributed by atoms with Gasteiger partial charge in [-0.25, -0.2) is 0 Å². The van der Waals surface area contributed by atoms with Gasteiger partial charge in [0.2, 0.25) is 0 Å². The van der Waals surface area contributed by atoms with Gasteiger partial charge in [0.25, 0.3) is 5.69 Å². The summed E-state index contributed by atoms with van der Waals surface area (Å²) in [5.41, 5.74) is -1.89. The third-order valence-electron chi connectivity index (χ3n) is 2.14. The summed E-state index contributed by atoms with van der Waals surface area (Å²) < 4.78 is 37.9. The van der Waals surface area contributed by atoms with E-state index in [0.717, 1.165) is 12.1 Å². The molecule has 0 heterocycles. The summed E-state index contributed by atoms with van der Waals surface area (Å²) in [6.07, 6.45) is -5.14. The van der Waals surface area contributed by atoms with Crippen LogP contribution in [0.2, 0.25) is 0 Å². The molecule has 0 aromatic heterocycles. The number of carbonyl (C=O) groups is 1. The third-order valence-corrected chi connectivity index (χ3v) is 2.77. The Morgan fingerprint density at radius 3 is 2.44 bits per heavy atom. The molecule has 1 rings (SSSR count). The van der Waals surface area contributed by atoms with E-state index in [1.165, 1.54) is 0 Å². The van der Waals surface area contributed by atoms with E-state index in [1.54, 1.807) is 0 Å². The highest BCUT2D eigenvalue weighted by Crippen LogP contribution is 2.34. The molecule has 0 saturated heterocycles. The van der Waals surface area contributed by atoms with E-state index in [4.69, 9.17) is 0 Å². The first-order valence-corrected chi connectivity index (χ1v) is 5.80. The highest BCUT2D eigenvalue weighted by atomic mass is 79.9. The van der Waals surface area contributed by atoms with Crippen LogP contribution in [-0.2, 0) is 17.4 Å². The van der Waals surface area contributed by atoms with Gasteiger partial charge in [0.1, 0.15) is 5.78 Å². The molecule has 1 aromatic carbocycles. The first kappa shape index (κ1) is 14.6. The number of hydrogen-bond donors (Lipinski definition) is 0. The summed E-state index contributed by atoms with van der Waals surface area (Å²) in [6, 6.07) is 2.17.